The fourth-order valence-electron chi connectivity index (χ4n) is 2.58. The van der Waals surface area contributed by atoms with Crippen LogP contribution in [0.15, 0.2) is 77.7 Å². The van der Waals surface area contributed by atoms with Gasteiger partial charge in [-0.2, -0.15) is 0 Å². The summed E-state index contributed by atoms with van der Waals surface area (Å²) >= 11 is 0. The molecule has 0 aromatic heterocycles. The monoisotopic (exact) mass is 341 g/mol. The van der Waals surface area contributed by atoms with E-state index in [-0.39, 0.29) is 11.4 Å². The van der Waals surface area contributed by atoms with Gasteiger partial charge in [0, 0.05) is 6.54 Å². The van der Waals surface area contributed by atoms with Crippen molar-refractivity contribution in [2.75, 3.05) is 6.54 Å². The molecule has 5 heteroatoms. The first-order valence-corrected chi connectivity index (χ1v) is 9.23. The molecule has 1 atom stereocenters. The smallest absolute Gasteiger partial charge is 0.240 e. The lowest BCUT2D eigenvalue weighted by Gasteiger charge is -2.13. The van der Waals surface area contributed by atoms with Crippen LogP contribution in [-0.4, -0.2) is 26.2 Å². The summed E-state index contributed by atoms with van der Waals surface area (Å²) in [5.41, 5.74) is 0.968. The zero-order chi connectivity index (χ0) is 17.0. The average molecular weight is 341 g/mol. The van der Waals surface area contributed by atoms with E-state index >= 15 is 0 Å². The molecule has 3 aromatic rings. The van der Waals surface area contributed by atoms with Gasteiger partial charge < -0.3 is 5.11 Å². The van der Waals surface area contributed by atoms with Crippen molar-refractivity contribution in [2.45, 2.75) is 17.4 Å². The largest absolute Gasteiger partial charge is 0.391 e. The van der Waals surface area contributed by atoms with Gasteiger partial charge in [0.15, 0.2) is 0 Å². The molecule has 1 unspecified atom stereocenters. The number of fused-ring (bicyclic) bond motifs is 1. The standard InChI is InChI=1S/C19H19NO3S/c21-18(12-15-6-2-1-3-7-15)14-20-24(22,23)19-11-10-16-8-4-5-9-17(16)13-19/h1-11,13,18,20-21H,12,14H2. The Morgan fingerprint density at radius 2 is 1.54 bits per heavy atom. The lowest BCUT2D eigenvalue weighted by atomic mass is 10.1. The molecular formula is C19H19NO3S. The van der Waals surface area contributed by atoms with Gasteiger partial charge in [0.2, 0.25) is 10.0 Å². The molecule has 0 bridgehead atoms. The molecule has 0 heterocycles. The summed E-state index contributed by atoms with van der Waals surface area (Å²) in [5, 5.41) is 11.9. The maximum atomic E-state index is 12.4. The Morgan fingerprint density at radius 1 is 0.875 bits per heavy atom. The summed E-state index contributed by atoms with van der Waals surface area (Å²) in [6, 6.07) is 22.1. The third-order valence-electron chi connectivity index (χ3n) is 3.85. The van der Waals surface area contributed by atoms with Crippen molar-refractivity contribution < 1.29 is 13.5 Å². The number of benzene rings is 3. The normalized spacial score (nSPS) is 13.0. The summed E-state index contributed by atoms with van der Waals surface area (Å²) in [4.78, 5) is 0.202. The summed E-state index contributed by atoms with van der Waals surface area (Å²) in [7, 11) is -3.65. The van der Waals surface area contributed by atoms with Crippen molar-refractivity contribution in [3.63, 3.8) is 0 Å². The number of nitrogens with one attached hydrogen (secondary N) is 1. The first-order chi connectivity index (χ1) is 11.5. The van der Waals surface area contributed by atoms with Crippen molar-refractivity contribution >= 4 is 20.8 Å². The molecule has 3 aromatic carbocycles. The Hall–Kier alpha value is -2.21. The highest BCUT2D eigenvalue weighted by Crippen LogP contribution is 2.18. The molecule has 4 nitrogen and oxygen atoms in total. The van der Waals surface area contributed by atoms with Crippen molar-refractivity contribution in [3.8, 4) is 0 Å². The Morgan fingerprint density at radius 3 is 2.29 bits per heavy atom. The van der Waals surface area contributed by atoms with Crippen LogP contribution in [0.3, 0.4) is 0 Å². The highest BCUT2D eigenvalue weighted by Gasteiger charge is 2.16. The van der Waals surface area contributed by atoms with Gasteiger partial charge in [0.25, 0.3) is 0 Å². The van der Waals surface area contributed by atoms with E-state index in [2.05, 4.69) is 4.72 Å². The van der Waals surface area contributed by atoms with Gasteiger partial charge in [-0.1, -0.05) is 60.7 Å². The van der Waals surface area contributed by atoms with Crippen LogP contribution in [0.1, 0.15) is 5.56 Å². The number of aliphatic hydroxyl groups is 1. The predicted octanol–water partition coefficient (Wildman–Crippen LogP) is 2.72. The third kappa shape index (κ3) is 4.00. The van der Waals surface area contributed by atoms with Crippen LogP contribution in [0, 0.1) is 0 Å². The molecule has 0 amide bonds. The summed E-state index contributed by atoms with van der Waals surface area (Å²) in [6.07, 6.45) is -0.371. The van der Waals surface area contributed by atoms with Crippen LogP contribution >= 0.6 is 0 Å². The molecule has 0 saturated carbocycles. The zero-order valence-corrected chi connectivity index (χ0v) is 13.9. The van der Waals surface area contributed by atoms with E-state index in [0.29, 0.717) is 6.42 Å². The quantitative estimate of drug-likeness (QED) is 0.724. The maximum absolute atomic E-state index is 12.4. The van der Waals surface area contributed by atoms with Crippen molar-refractivity contribution in [1.29, 1.82) is 0 Å². The molecular weight excluding hydrogens is 322 g/mol. The molecule has 0 aliphatic rings. The van der Waals surface area contributed by atoms with Gasteiger partial charge in [-0.15, -0.1) is 0 Å². The highest BCUT2D eigenvalue weighted by atomic mass is 32.2. The van der Waals surface area contributed by atoms with E-state index in [0.717, 1.165) is 16.3 Å². The molecule has 0 aliphatic heterocycles. The van der Waals surface area contributed by atoms with Gasteiger partial charge in [-0.3, -0.25) is 0 Å². The van der Waals surface area contributed by atoms with E-state index in [4.69, 9.17) is 0 Å². The Balaban J connectivity index is 1.68. The number of sulfonamides is 1. The lowest BCUT2D eigenvalue weighted by Crippen LogP contribution is -2.33. The molecule has 0 fully saturated rings. The fraction of sp³-hybridized carbons (Fsp3) is 0.158. The van der Waals surface area contributed by atoms with Crippen LogP contribution in [0.2, 0.25) is 0 Å². The van der Waals surface area contributed by atoms with Crippen LogP contribution in [0.4, 0.5) is 0 Å². The van der Waals surface area contributed by atoms with Crippen LogP contribution in [0.25, 0.3) is 10.8 Å². The maximum Gasteiger partial charge on any atom is 0.240 e. The minimum Gasteiger partial charge on any atom is -0.391 e. The second kappa shape index (κ2) is 7.13. The number of hydrogen-bond donors (Lipinski definition) is 2. The molecule has 2 N–H and O–H groups in total. The van der Waals surface area contributed by atoms with Crippen molar-refractivity contribution in [2.24, 2.45) is 0 Å². The second-order valence-corrected chi connectivity index (χ2v) is 7.47. The van der Waals surface area contributed by atoms with Gasteiger partial charge in [0.1, 0.15) is 0 Å². The lowest BCUT2D eigenvalue weighted by molar-refractivity contribution is 0.179. The Kier molecular flexibility index (Phi) is 4.94. The van der Waals surface area contributed by atoms with Gasteiger partial charge in [0.05, 0.1) is 11.0 Å². The van der Waals surface area contributed by atoms with E-state index in [1.165, 1.54) is 0 Å². The topological polar surface area (TPSA) is 66.4 Å². The predicted molar refractivity (Wildman–Crippen MR) is 95.3 cm³/mol. The summed E-state index contributed by atoms with van der Waals surface area (Å²) in [6.45, 7) is -0.0238. The minimum atomic E-state index is -3.65. The summed E-state index contributed by atoms with van der Waals surface area (Å²) in [5.74, 6) is 0. The molecule has 124 valence electrons. The minimum absolute atomic E-state index is 0.0238. The Bertz CT molecular complexity index is 924. The van der Waals surface area contributed by atoms with Crippen LogP contribution in [0.5, 0.6) is 0 Å². The first kappa shape index (κ1) is 16.6. The molecule has 0 spiro atoms. The summed E-state index contributed by atoms with van der Waals surface area (Å²) < 4.78 is 27.3. The molecule has 3 rings (SSSR count). The van der Waals surface area contributed by atoms with E-state index in [9.17, 15) is 13.5 Å². The van der Waals surface area contributed by atoms with Crippen molar-refractivity contribution in [3.05, 3.63) is 78.4 Å². The van der Waals surface area contributed by atoms with Crippen LogP contribution in [-0.2, 0) is 16.4 Å². The SMILES string of the molecule is O=S(=O)(NCC(O)Cc1ccccc1)c1ccc2ccccc2c1. The molecule has 0 saturated heterocycles. The molecule has 0 aliphatic carbocycles. The third-order valence-corrected chi connectivity index (χ3v) is 5.28. The number of hydrogen-bond acceptors (Lipinski definition) is 3. The highest BCUT2D eigenvalue weighted by molar-refractivity contribution is 7.89. The number of aliphatic hydroxyl groups excluding tert-OH is 1. The van der Waals surface area contributed by atoms with E-state index in [1.54, 1.807) is 18.2 Å². The van der Waals surface area contributed by atoms with Gasteiger partial charge in [-0.05, 0) is 34.9 Å². The Labute approximate surface area is 141 Å². The number of rotatable bonds is 6. The molecule has 24 heavy (non-hydrogen) atoms. The van der Waals surface area contributed by atoms with E-state index < -0.39 is 16.1 Å². The van der Waals surface area contributed by atoms with Gasteiger partial charge >= 0.3 is 0 Å². The average Bonchev–Trinajstić information content (AvgIpc) is 2.60. The second-order valence-electron chi connectivity index (χ2n) is 5.70. The van der Waals surface area contributed by atoms with Gasteiger partial charge in [-0.25, -0.2) is 13.1 Å². The molecule has 0 radical (unpaired) electrons. The van der Waals surface area contributed by atoms with Crippen LogP contribution < -0.4 is 4.72 Å². The fourth-order valence-corrected chi connectivity index (χ4v) is 3.69. The first-order valence-electron chi connectivity index (χ1n) is 7.75. The zero-order valence-electron chi connectivity index (χ0n) is 13.1. The van der Waals surface area contributed by atoms with E-state index in [1.807, 2.05) is 54.6 Å². The van der Waals surface area contributed by atoms with Crippen molar-refractivity contribution in [1.82, 2.24) is 4.72 Å².